The molecule has 2 amide bonds. The number of nitrogens with two attached hydrogens (primary N) is 1. The first-order valence-electron chi connectivity index (χ1n) is 7.92. The van der Waals surface area contributed by atoms with E-state index in [0.717, 1.165) is 30.4 Å². The van der Waals surface area contributed by atoms with Crippen LogP contribution in [-0.2, 0) is 24.1 Å². The van der Waals surface area contributed by atoms with Crippen molar-refractivity contribution in [2.24, 2.45) is 11.7 Å². The Morgan fingerprint density at radius 1 is 1.33 bits per heavy atom. The van der Waals surface area contributed by atoms with Gasteiger partial charge in [0.05, 0.1) is 12.0 Å². The van der Waals surface area contributed by atoms with E-state index < -0.39 is 5.91 Å². The van der Waals surface area contributed by atoms with E-state index in [4.69, 9.17) is 17.3 Å². The van der Waals surface area contributed by atoms with Crippen LogP contribution in [0.2, 0.25) is 5.02 Å². The van der Waals surface area contributed by atoms with E-state index in [0.29, 0.717) is 21.5 Å². The number of amides is 2. The predicted octanol–water partition coefficient (Wildman–Crippen LogP) is 3.81. The lowest BCUT2D eigenvalue weighted by molar-refractivity contribution is -0.115. The van der Waals surface area contributed by atoms with E-state index >= 15 is 0 Å². The normalized spacial score (nSPS) is 16.5. The molecule has 24 heavy (non-hydrogen) atoms. The van der Waals surface area contributed by atoms with Crippen molar-refractivity contribution in [2.75, 3.05) is 5.32 Å². The molecule has 1 aliphatic rings. The molecule has 6 heteroatoms. The molecule has 0 unspecified atom stereocenters. The van der Waals surface area contributed by atoms with E-state index in [1.807, 2.05) is 12.1 Å². The molecule has 1 aromatic carbocycles. The van der Waals surface area contributed by atoms with Crippen molar-refractivity contribution < 1.29 is 9.59 Å². The van der Waals surface area contributed by atoms with Gasteiger partial charge in [-0.15, -0.1) is 11.3 Å². The van der Waals surface area contributed by atoms with Crippen molar-refractivity contribution in [2.45, 2.75) is 32.6 Å². The fraction of sp³-hybridized carbons (Fsp3) is 0.333. The summed E-state index contributed by atoms with van der Waals surface area (Å²) in [7, 11) is 0. The van der Waals surface area contributed by atoms with Crippen LogP contribution in [0.3, 0.4) is 0 Å². The molecule has 1 aromatic heterocycles. The summed E-state index contributed by atoms with van der Waals surface area (Å²) >= 11 is 7.33. The highest BCUT2D eigenvalue weighted by molar-refractivity contribution is 7.17. The van der Waals surface area contributed by atoms with Gasteiger partial charge in [0, 0.05) is 9.90 Å². The second-order valence-electron chi connectivity index (χ2n) is 6.27. The van der Waals surface area contributed by atoms with Crippen molar-refractivity contribution in [3.63, 3.8) is 0 Å². The molecular weight excluding hydrogens is 344 g/mol. The number of hydrogen-bond donors (Lipinski definition) is 2. The third kappa shape index (κ3) is 3.62. The maximum atomic E-state index is 12.3. The van der Waals surface area contributed by atoms with Gasteiger partial charge in [-0.25, -0.2) is 0 Å². The quantitative estimate of drug-likeness (QED) is 0.868. The molecular formula is C18H19ClN2O2S. The zero-order valence-electron chi connectivity index (χ0n) is 13.4. The maximum Gasteiger partial charge on any atom is 0.251 e. The highest BCUT2D eigenvalue weighted by Gasteiger charge is 2.27. The predicted molar refractivity (Wildman–Crippen MR) is 97.8 cm³/mol. The number of benzene rings is 1. The summed E-state index contributed by atoms with van der Waals surface area (Å²) in [5.74, 6) is -0.0372. The first kappa shape index (κ1) is 17.0. The van der Waals surface area contributed by atoms with Crippen LogP contribution in [-0.4, -0.2) is 11.8 Å². The van der Waals surface area contributed by atoms with Gasteiger partial charge in [-0.05, 0) is 48.4 Å². The molecule has 0 bridgehead atoms. The van der Waals surface area contributed by atoms with Gasteiger partial charge < -0.3 is 11.1 Å². The van der Waals surface area contributed by atoms with Crippen molar-refractivity contribution in [1.82, 2.24) is 0 Å². The summed E-state index contributed by atoms with van der Waals surface area (Å²) in [6.45, 7) is 2.20. The van der Waals surface area contributed by atoms with E-state index in [1.165, 1.54) is 16.2 Å². The SMILES string of the molecule is C[C@H]1CCc2c(sc(NC(=O)Cc3ccc(Cl)cc3)c2C(N)=O)C1. The molecule has 0 spiro atoms. The van der Waals surface area contributed by atoms with Crippen molar-refractivity contribution in [3.8, 4) is 0 Å². The van der Waals surface area contributed by atoms with Crippen LogP contribution in [0.4, 0.5) is 5.00 Å². The largest absolute Gasteiger partial charge is 0.365 e. The molecule has 0 aliphatic heterocycles. The minimum Gasteiger partial charge on any atom is -0.365 e. The summed E-state index contributed by atoms with van der Waals surface area (Å²) in [5.41, 5.74) is 7.95. The minimum absolute atomic E-state index is 0.161. The smallest absolute Gasteiger partial charge is 0.251 e. The summed E-state index contributed by atoms with van der Waals surface area (Å²) in [5, 5.41) is 4.09. The van der Waals surface area contributed by atoms with Gasteiger partial charge in [0.15, 0.2) is 0 Å². The molecule has 126 valence electrons. The monoisotopic (exact) mass is 362 g/mol. The average Bonchev–Trinajstić information content (AvgIpc) is 2.86. The molecule has 1 aliphatic carbocycles. The Morgan fingerprint density at radius 2 is 2.04 bits per heavy atom. The van der Waals surface area contributed by atoms with Crippen LogP contribution in [0.5, 0.6) is 0 Å². The summed E-state index contributed by atoms with van der Waals surface area (Å²) in [4.78, 5) is 25.4. The number of nitrogens with one attached hydrogen (secondary N) is 1. The number of rotatable bonds is 4. The van der Waals surface area contributed by atoms with Gasteiger partial charge in [-0.2, -0.15) is 0 Å². The second kappa shape index (κ2) is 6.95. The van der Waals surface area contributed by atoms with Gasteiger partial charge in [0.25, 0.3) is 5.91 Å². The molecule has 1 heterocycles. The number of hydrogen-bond acceptors (Lipinski definition) is 3. The van der Waals surface area contributed by atoms with Gasteiger partial charge in [-0.3, -0.25) is 9.59 Å². The van der Waals surface area contributed by atoms with Gasteiger partial charge in [-0.1, -0.05) is 30.7 Å². The van der Waals surface area contributed by atoms with Gasteiger partial charge in [0.1, 0.15) is 5.00 Å². The summed E-state index contributed by atoms with van der Waals surface area (Å²) < 4.78 is 0. The zero-order valence-corrected chi connectivity index (χ0v) is 15.0. The number of fused-ring (bicyclic) bond motifs is 1. The first-order chi connectivity index (χ1) is 11.4. The van der Waals surface area contributed by atoms with E-state index in [2.05, 4.69) is 12.2 Å². The molecule has 0 saturated carbocycles. The summed E-state index contributed by atoms with van der Waals surface area (Å²) in [6.07, 6.45) is 3.06. The zero-order chi connectivity index (χ0) is 17.3. The highest BCUT2D eigenvalue weighted by Crippen LogP contribution is 2.39. The van der Waals surface area contributed by atoms with Crippen LogP contribution < -0.4 is 11.1 Å². The summed E-state index contributed by atoms with van der Waals surface area (Å²) in [6, 6.07) is 7.14. The number of anilines is 1. The molecule has 3 rings (SSSR count). The molecule has 0 fully saturated rings. The second-order valence-corrected chi connectivity index (χ2v) is 7.81. The van der Waals surface area contributed by atoms with Crippen molar-refractivity contribution in [3.05, 3.63) is 50.9 Å². The Morgan fingerprint density at radius 3 is 2.71 bits per heavy atom. The molecule has 3 N–H and O–H groups in total. The number of carbonyl (C=O) groups excluding carboxylic acids is 2. The Kier molecular flexibility index (Phi) is 4.92. The van der Waals surface area contributed by atoms with Crippen molar-refractivity contribution in [1.29, 1.82) is 0 Å². The van der Waals surface area contributed by atoms with Crippen LogP contribution in [0, 0.1) is 5.92 Å². The van der Waals surface area contributed by atoms with E-state index in [9.17, 15) is 9.59 Å². The number of thiophene rings is 1. The fourth-order valence-corrected chi connectivity index (χ4v) is 4.62. The van der Waals surface area contributed by atoms with Gasteiger partial charge in [0.2, 0.25) is 5.91 Å². The Labute approximate surface area is 150 Å². The van der Waals surface area contributed by atoms with Crippen LogP contribution >= 0.6 is 22.9 Å². The maximum absolute atomic E-state index is 12.3. The van der Waals surface area contributed by atoms with E-state index in [-0.39, 0.29) is 12.3 Å². The number of halogens is 1. The lowest BCUT2D eigenvalue weighted by Gasteiger charge is -2.18. The minimum atomic E-state index is -0.469. The number of carbonyl (C=O) groups is 2. The topological polar surface area (TPSA) is 72.2 Å². The average molecular weight is 363 g/mol. The van der Waals surface area contributed by atoms with Gasteiger partial charge >= 0.3 is 0 Å². The highest BCUT2D eigenvalue weighted by atomic mass is 35.5. The van der Waals surface area contributed by atoms with E-state index in [1.54, 1.807) is 12.1 Å². The lowest BCUT2D eigenvalue weighted by atomic mass is 9.88. The van der Waals surface area contributed by atoms with Crippen LogP contribution in [0.1, 0.15) is 39.7 Å². The third-order valence-corrected chi connectivity index (χ3v) is 5.71. The molecule has 0 saturated heterocycles. The number of primary amides is 1. The molecule has 0 radical (unpaired) electrons. The van der Waals surface area contributed by atoms with Crippen molar-refractivity contribution >= 4 is 39.8 Å². The molecule has 2 aromatic rings. The standard InChI is InChI=1S/C18H19ClN2O2S/c1-10-2-7-13-14(8-10)24-18(16(13)17(20)23)21-15(22)9-11-3-5-12(19)6-4-11/h3-6,10H,2,7-9H2,1H3,(H2,20,23)(H,21,22)/t10-/m0/s1. The Hall–Kier alpha value is -1.85. The first-order valence-corrected chi connectivity index (χ1v) is 9.12. The fourth-order valence-electron chi connectivity index (χ4n) is 3.06. The molecule has 1 atom stereocenters. The lowest BCUT2D eigenvalue weighted by Crippen LogP contribution is -2.20. The van der Waals surface area contributed by atoms with Crippen LogP contribution in [0.15, 0.2) is 24.3 Å². The Bertz CT molecular complexity index is 783. The van der Waals surface area contributed by atoms with Crippen LogP contribution in [0.25, 0.3) is 0 Å². The Balaban J connectivity index is 1.80. The third-order valence-electron chi connectivity index (χ3n) is 4.29. The molecule has 4 nitrogen and oxygen atoms in total.